The Bertz CT molecular complexity index is 887. The highest BCUT2D eigenvalue weighted by atomic mass is 35.5. The summed E-state index contributed by atoms with van der Waals surface area (Å²) < 4.78 is 4.72. The third-order valence-corrected chi connectivity index (χ3v) is 5.77. The van der Waals surface area contributed by atoms with Crippen molar-refractivity contribution in [2.75, 3.05) is 12.9 Å². The van der Waals surface area contributed by atoms with Crippen LogP contribution in [-0.4, -0.2) is 18.8 Å². The Kier molecular flexibility index (Phi) is 6.59. The minimum Gasteiger partial charge on any atom is -0.469 e. The van der Waals surface area contributed by atoms with Crippen molar-refractivity contribution < 1.29 is 9.53 Å². The maximum atomic E-state index is 11.4. The van der Waals surface area contributed by atoms with Gasteiger partial charge in [0.25, 0.3) is 0 Å². The second-order valence-corrected chi connectivity index (χ2v) is 7.88. The van der Waals surface area contributed by atoms with E-state index >= 15 is 0 Å². The molecule has 4 rings (SSSR count). The highest BCUT2D eigenvalue weighted by Gasteiger charge is 2.13. The van der Waals surface area contributed by atoms with Crippen molar-refractivity contribution in [3.05, 3.63) is 77.8 Å². The Labute approximate surface area is 169 Å². The maximum Gasteiger partial charge on any atom is 0.309 e. The van der Waals surface area contributed by atoms with Crippen LogP contribution in [0.5, 0.6) is 0 Å². The summed E-state index contributed by atoms with van der Waals surface area (Å²) in [7, 11) is 1.42. The van der Waals surface area contributed by atoms with Crippen molar-refractivity contribution >= 4 is 29.3 Å². The lowest BCUT2D eigenvalue weighted by Gasteiger charge is -2.09. The van der Waals surface area contributed by atoms with Crippen LogP contribution < -0.4 is 0 Å². The Hall–Kier alpha value is -2.23. The molecule has 0 radical (unpaired) electrons. The topological polar surface area (TPSA) is 26.3 Å². The second kappa shape index (κ2) is 9.12. The minimum absolute atomic E-state index is 0.101. The number of methoxy groups -OCH3 is 1. The fourth-order valence-electron chi connectivity index (χ4n) is 2.55. The van der Waals surface area contributed by atoms with Crippen molar-refractivity contribution in [3.63, 3.8) is 0 Å². The SMILES string of the molecule is COC(=O)C(C)CSc1ccc(-c2ccc(Cl)cc2)cc1.c1cc2cc-2c1. The molecule has 27 heavy (non-hydrogen) atoms. The van der Waals surface area contributed by atoms with Gasteiger partial charge in [-0.15, -0.1) is 11.8 Å². The monoisotopic (exact) mass is 396 g/mol. The summed E-state index contributed by atoms with van der Waals surface area (Å²) in [5.74, 6) is 0.448. The van der Waals surface area contributed by atoms with Crippen LogP contribution in [0.4, 0.5) is 0 Å². The van der Waals surface area contributed by atoms with Crippen LogP contribution in [0.1, 0.15) is 6.92 Å². The summed E-state index contributed by atoms with van der Waals surface area (Å²) in [6.45, 7) is 1.88. The predicted molar refractivity (Wildman–Crippen MR) is 114 cm³/mol. The van der Waals surface area contributed by atoms with Gasteiger partial charge in [0.2, 0.25) is 0 Å². The molecule has 2 aliphatic rings. The number of benzene rings is 3. The van der Waals surface area contributed by atoms with E-state index in [1.165, 1.54) is 18.2 Å². The molecule has 0 fully saturated rings. The van der Waals surface area contributed by atoms with E-state index < -0.39 is 0 Å². The molecule has 0 bridgehead atoms. The van der Waals surface area contributed by atoms with Crippen LogP contribution >= 0.6 is 23.4 Å². The molecule has 0 aromatic heterocycles. The number of fused-ring (bicyclic) bond motifs is 1. The Balaban J connectivity index is 0.000000290. The van der Waals surface area contributed by atoms with Crippen LogP contribution in [0.25, 0.3) is 22.3 Å². The molecule has 4 heteroatoms. The molecule has 2 aromatic carbocycles. The van der Waals surface area contributed by atoms with Crippen molar-refractivity contribution in [3.8, 4) is 22.3 Å². The molecule has 1 atom stereocenters. The lowest BCUT2D eigenvalue weighted by atomic mass is 10.1. The quantitative estimate of drug-likeness (QED) is 0.281. The summed E-state index contributed by atoms with van der Waals surface area (Å²) in [5.41, 5.74) is 5.14. The van der Waals surface area contributed by atoms with E-state index in [1.54, 1.807) is 11.8 Å². The molecule has 0 saturated heterocycles. The molecule has 1 unspecified atom stereocenters. The van der Waals surface area contributed by atoms with Gasteiger partial charge in [-0.05, 0) is 52.6 Å². The Morgan fingerprint density at radius 3 is 1.93 bits per heavy atom. The molecule has 0 saturated carbocycles. The fourth-order valence-corrected chi connectivity index (χ4v) is 3.59. The fraction of sp³-hybridized carbons (Fsp3) is 0.174. The Morgan fingerprint density at radius 1 is 0.926 bits per heavy atom. The van der Waals surface area contributed by atoms with Crippen LogP contribution in [-0.2, 0) is 9.53 Å². The first kappa shape index (κ1) is 19.5. The molecule has 0 heterocycles. The zero-order valence-electron chi connectivity index (χ0n) is 15.3. The van der Waals surface area contributed by atoms with Gasteiger partial charge in [0.1, 0.15) is 0 Å². The molecular formula is C23H21ClO2S. The highest BCUT2D eigenvalue weighted by Crippen LogP contribution is 2.32. The molecular weight excluding hydrogens is 376 g/mol. The van der Waals surface area contributed by atoms with Gasteiger partial charge in [-0.1, -0.05) is 61.0 Å². The summed E-state index contributed by atoms with van der Waals surface area (Å²) in [6.07, 6.45) is 0. The average Bonchev–Trinajstić information content (AvgIpc) is 3.31. The van der Waals surface area contributed by atoms with E-state index in [-0.39, 0.29) is 11.9 Å². The van der Waals surface area contributed by atoms with Gasteiger partial charge in [0.05, 0.1) is 13.0 Å². The number of carbonyl (C=O) groups excluding carboxylic acids is 1. The first-order chi connectivity index (χ1) is 13.1. The molecule has 0 aliphatic heterocycles. The predicted octanol–water partition coefficient (Wildman–Crippen LogP) is 6.58. The first-order valence-electron chi connectivity index (χ1n) is 8.74. The first-order valence-corrected chi connectivity index (χ1v) is 10.1. The van der Waals surface area contributed by atoms with E-state index in [0.717, 1.165) is 21.0 Å². The average molecular weight is 397 g/mol. The minimum atomic E-state index is -0.166. The summed E-state index contributed by atoms with van der Waals surface area (Å²) in [4.78, 5) is 12.5. The summed E-state index contributed by atoms with van der Waals surface area (Å²) >= 11 is 7.55. The molecule has 2 nitrogen and oxygen atoms in total. The molecule has 0 amide bonds. The third-order valence-electron chi connectivity index (χ3n) is 4.25. The molecule has 0 N–H and O–H groups in total. The largest absolute Gasteiger partial charge is 0.469 e. The number of hydrogen-bond donors (Lipinski definition) is 0. The van der Waals surface area contributed by atoms with Crippen LogP contribution in [0.3, 0.4) is 0 Å². The maximum absolute atomic E-state index is 11.4. The number of rotatable bonds is 5. The van der Waals surface area contributed by atoms with Crippen molar-refractivity contribution in [2.45, 2.75) is 11.8 Å². The number of carbonyl (C=O) groups is 1. The number of esters is 1. The molecule has 0 spiro atoms. The van der Waals surface area contributed by atoms with Gasteiger partial charge < -0.3 is 4.74 Å². The lowest BCUT2D eigenvalue weighted by molar-refractivity contribution is -0.143. The smallest absolute Gasteiger partial charge is 0.309 e. The zero-order valence-corrected chi connectivity index (χ0v) is 16.9. The van der Waals surface area contributed by atoms with E-state index in [1.807, 2.05) is 31.2 Å². The van der Waals surface area contributed by atoms with Crippen molar-refractivity contribution in [2.24, 2.45) is 5.92 Å². The summed E-state index contributed by atoms with van der Waals surface area (Å²) in [6, 6.07) is 24.6. The molecule has 138 valence electrons. The standard InChI is InChI=1S/C17H17ClO2S.C6H4/c1-12(17(19)20-2)11-21-16-9-5-14(6-10-16)13-3-7-15(18)8-4-13;1-2-5-4-6(5)3-1/h3-10,12H,11H2,1-2H3;1-4H. The number of ether oxygens (including phenoxy) is 1. The van der Waals surface area contributed by atoms with Crippen molar-refractivity contribution in [1.82, 2.24) is 0 Å². The van der Waals surface area contributed by atoms with E-state index in [0.29, 0.717) is 5.75 Å². The number of hydrogen-bond acceptors (Lipinski definition) is 3. The van der Waals surface area contributed by atoms with Crippen LogP contribution in [0.15, 0.2) is 77.7 Å². The van der Waals surface area contributed by atoms with E-state index in [4.69, 9.17) is 16.3 Å². The van der Waals surface area contributed by atoms with Gasteiger partial charge in [0, 0.05) is 15.7 Å². The van der Waals surface area contributed by atoms with E-state index in [2.05, 4.69) is 48.5 Å². The van der Waals surface area contributed by atoms with Crippen LogP contribution in [0.2, 0.25) is 5.02 Å². The molecule has 2 aliphatic carbocycles. The number of thioether (sulfide) groups is 1. The van der Waals surface area contributed by atoms with Crippen molar-refractivity contribution in [1.29, 1.82) is 0 Å². The van der Waals surface area contributed by atoms with Gasteiger partial charge in [0.15, 0.2) is 0 Å². The van der Waals surface area contributed by atoms with E-state index in [9.17, 15) is 4.79 Å². The van der Waals surface area contributed by atoms with Gasteiger partial charge in [-0.3, -0.25) is 4.79 Å². The summed E-state index contributed by atoms with van der Waals surface area (Å²) in [5, 5.41) is 0.739. The van der Waals surface area contributed by atoms with Gasteiger partial charge >= 0.3 is 5.97 Å². The number of halogens is 1. The highest BCUT2D eigenvalue weighted by molar-refractivity contribution is 7.99. The molecule has 2 aromatic rings. The Morgan fingerprint density at radius 2 is 1.48 bits per heavy atom. The lowest BCUT2D eigenvalue weighted by Crippen LogP contribution is -2.14. The van der Waals surface area contributed by atoms with Gasteiger partial charge in [-0.2, -0.15) is 0 Å². The van der Waals surface area contributed by atoms with Crippen LogP contribution in [0, 0.1) is 5.92 Å². The normalized spacial score (nSPS) is 11.8. The third kappa shape index (κ3) is 5.62. The second-order valence-electron chi connectivity index (χ2n) is 6.35. The zero-order chi connectivity index (χ0) is 19.2. The van der Waals surface area contributed by atoms with Gasteiger partial charge in [-0.25, -0.2) is 0 Å².